The number of likely N-dealkylation sites (tertiary alicyclic amines) is 1. The lowest BCUT2D eigenvalue weighted by molar-refractivity contribution is -0.139. The summed E-state index contributed by atoms with van der Waals surface area (Å²) in [5.74, 6) is -0.455. The highest BCUT2D eigenvalue weighted by atomic mass is 32.2. The topological polar surface area (TPSA) is 95.1 Å². The van der Waals surface area contributed by atoms with Gasteiger partial charge in [-0.05, 0) is 6.42 Å². The summed E-state index contributed by atoms with van der Waals surface area (Å²) in [5.41, 5.74) is 0. The van der Waals surface area contributed by atoms with E-state index in [0.717, 1.165) is 6.41 Å². The molecule has 23 heavy (non-hydrogen) atoms. The van der Waals surface area contributed by atoms with Crippen LogP contribution in [-0.2, 0) is 24.2 Å². The van der Waals surface area contributed by atoms with Gasteiger partial charge in [0.1, 0.15) is 0 Å². The second-order valence-electron chi connectivity index (χ2n) is 6.47. The van der Waals surface area contributed by atoms with Gasteiger partial charge in [0, 0.05) is 45.2 Å². The third kappa shape index (κ3) is 3.34. The largest absolute Gasteiger partial charge is 0.342 e. The predicted molar refractivity (Wildman–Crippen MR) is 81.1 cm³/mol. The van der Waals surface area contributed by atoms with Gasteiger partial charge in [0.15, 0.2) is 9.84 Å². The lowest BCUT2D eigenvalue weighted by Crippen LogP contribution is -2.50. The van der Waals surface area contributed by atoms with Crippen molar-refractivity contribution in [3.63, 3.8) is 0 Å². The Morgan fingerprint density at radius 2 is 1.87 bits per heavy atom. The highest BCUT2D eigenvalue weighted by Gasteiger charge is 2.43. The molecule has 9 heteroatoms. The Morgan fingerprint density at radius 3 is 2.43 bits per heavy atom. The van der Waals surface area contributed by atoms with Crippen molar-refractivity contribution in [2.45, 2.75) is 18.9 Å². The van der Waals surface area contributed by atoms with Crippen molar-refractivity contribution in [3.05, 3.63) is 0 Å². The number of rotatable bonds is 3. The molecule has 8 nitrogen and oxygen atoms in total. The van der Waals surface area contributed by atoms with E-state index < -0.39 is 15.8 Å². The van der Waals surface area contributed by atoms with Crippen LogP contribution < -0.4 is 0 Å². The van der Waals surface area contributed by atoms with Crippen molar-refractivity contribution in [2.24, 2.45) is 5.92 Å². The number of carbonyl (C=O) groups is 3. The fourth-order valence-electron chi connectivity index (χ4n) is 3.58. The Labute approximate surface area is 135 Å². The maximum Gasteiger partial charge on any atom is 0.228 e. The van der Waals surface area contributed by atoms with E-state index in [4.69, 9.17) is 0 Å². The van der Waals surface area contributed by atoms with Crippen molar-refractivity contribution in [1.82, 2.24) is 14.7 Å². The zero-order chi connectivity index (χ0) is 16.6. The first-order valence-electron chi connectivity index (χ1n) is 7.87. The van der Waals surface area contributed by atoms with E-state index in [1.54, 1.807) is 14.7 Å². The number of sulfone groups is 1. The molecule has 128 valence electrons. The molecule has 0 saturated carbocycles. The van der Waals surface area contributed by atoms with Crippen LogP contribution in [0.1, 0.15) is 12.8 Å². The molecule has 0 bridgehead atoms. The zero-order valence-electron chi connectivity index (χ0n) is 12.9. The summed E-state index contributed by atoms with van der Waals surface area (Å²) in [4.78, 5) is 40.3. The molecular formula is C14H21N3O5S. The molecule has 0 aromatic carbocycles. The average Bonchev–Trinajstić information content (AvgIpc) is 3.09. The molecule has 0 N–H and O–H groups in total. The number of nitrogens with zero attached hydrogens (tertiary/aromatic N) is 3. The Morgan fingerprint density at radius 1 is 1.17 bits per heavy atom. The van der Waals surface area contributed by atoms with Gasteiger partial charge in [-0.2, -0.15) is 0 Å². The highest BCUT2D eigenvalue weighted by molar-refractivity contribution is 7.91. The first-order valence-corrected chi connectivity index (χ1v) is 9.70. The Kier molecular flexibility index (Phi) is 4.31. The van der Waals surface area contributed by atoms with Crippen LogP contribution in [-0.4, -0.2) is 91.6 Å². The summed E-state index contributed by atoms with van der Waals surface area (Å²) in [6.07, 6.45) is 1.40. The van der Waals surface area contributed by atoms with Gasteiger partial charge in [0.25, 0.3) is 0 Å². The van der Waals surface area contributed by atoms with Crippen LogP contribution in [0.4, 0.5) is 0 Å². The van der Waals surface area contributed by atoms with Crippen LogP contribution in [0.3, 0.4) is 0 Å². The summed E-state index contributed by atoms with van der Waals surface area (Å²) in [7, 11) is -3.05. The van der Waals surface area contributed by atoms with E-state index in [2.05, 4.69) is 0 Å². The van der Waals surface area contributed by atoms with Crippen molar-refractivity contribution < 1.29 is 22.8 Å². The van der Waals surface area contributed by atoms with Crippen LogP contribution in [0.2, 0.25) is 0 Å². The predicted octanol–water partition coefficient (Wildman–Crippen LogP) is -1.68. The first-order chi connectivity index (χ1) is 10.9. The Balaban J connectivity index is 1.59. The fraction of sp³-hybridized carbons (Fsp3) is 0.786. The molecule has 3 aliphatic rings. The minimum atomic E-state index is -3.05. The van der Waals surface area contributed by atoms with E-state index in [9.17, 15) is 22.8 Å². The third-order valence-electron chi connectivity index (χ3n) is 4.93. The van der Waals surface area contributed by atoms with Gasteiger partial charge in [-0.1, -0.05) is 0 Å². The number of carbonyl (C=O) groups excluding carboxylic acids is 3. The molecule has 3 fully saturated rings. The molecule has 3 amide bonds. The van der Waals surface area contributed by atoms with E-state index in [1.807, 2.05) is 0 Å². The molecule has 3 saturated heterocycles. The molecule has 3 aliphatic heterocycles. The summed E-state index contributed by atoms with van der Waals surface area (Å²) >= 11 is 0. The van der Waals surface area contributed by atoms with Gasteiger partial charge in [0.2, 0.25) is 18.2 Å². The lowest BCUT2D eigenvalue weighted by Gasteiger charge is -2.34. The lowest BCUT2D eigenvalue weighted by atomic mass is 10.1. The second-order valence-corrected chi connectivity index (χ2v) is 8.70. The van der Waals surface area contributed by atoms with Crippen molar-refractivity contribution in [1.29, 1.82) is 0 Å². The van der Waals surface area contributed by atoms with Gasteiger partial charge in [0.05, 0.1) is 17.4 Å². The van der Waals surface area contributed by atoms with Gasteiger partial charge in [-0.3, -0.25) is 14.4 Å². The minimum absolute atomic E-state index is 0.0116. The molecule has 2 unspecified atom stereocenters. The molecule has 3 heterocycles. The van der Waals surface area contributed by atoms with Crippen LogP contribution in [0.25, 0.3) is 0 Å². The van der Waals surface area contributed by atoms with Crippen molar-refractivity contribution >= 4 is 28.1 Å². The van der Waals surface area contributed by atoms with Crippen LogP contribution in [0.5, 0.6) is 0 Å². The third-order valence-corrected chi connectivity index (χ3v) is 6.68. The second kappa shape index (κ2) is 6.10. The molecule has 0 spiro atoms. The molecule has 0 aliphatic carbocycles. The van der Waals surface area contributed by atoms with E-state index in [1.165, 1.54) is 0 Å². The molecule has 3 rings (SSSR count). The maximum atomic E-state index is 12.6. The standard InChI is InChI=1S/C14H21N3O5S/c18-10-15-2-4-16(5-3-15)14(20)11-7-13(19)17(8-11)12-1-6-23(21,22)9-12/h10-12H,1-9H2. The number of hydrogen-bond acceptors (Lipinski definition) is 5. The number of amides is 3. The molecule has 0 radical (unpaired) electrons. The smallest absolute Gasteiger partial charge is 0.228 e. The quantitative estimate of drug-likeness (QED) is 0.571. The first kappa shape index (κ1) is 16.2. The van der Waals surface area contributed by atoms with Gasteiger partial charge in [-0.25, -0.2) is 8.42 Å². The van der Waals surface area contributed by atoms with Crippen LogP contribution in [0, 0.1) is 5.92 Å². The summed E-state index contributed by atoms with van der Waals surface area (Å²) in [5, 5.41) is 0. The van der Waals surface area contributed by atoms with Crippen LogP contribution in [0.15, 0.2) is 0 Å². The normalized spacial score (nSPS) is 30.8. The Hall–Kier alpha value is -1.64. The van der Waals surface area contributed by atoms with Gasteiger partial charge < -0.3 is 14.7 Å². The molecular weight excluding hydrogens is 322 g/mol. The Bertz CT molecular complexity index is 612. The minimum Gasteiger partial charge on any atom is -0.342 e. The van der Waals surface area contributed by atoms with Crippen LogP contribution >= 0.6 is 0 Å². The molecule has 0 aromatic heterocycles. The SMILES string of the molecule is O=CN1CCN(C(=O)C2CC(=O)N(C3CCS(=O)(=O)C3)C2)CC1. The summed E-state index contributed by atoms with van der Waals surface area (Å²) in [6.45, 7) is 2.31. The van der Waals surface area contributed by atoms with E-state index >= 15 is 0 Å². The molecule has 2 atom stereocenters. The van der Waals surface area contributed by atoms with Crippen molar-refractivity contribution in [2.75, 3.05) is 44.2 Å². The fourth-order valence-corrected chi connectivity index (χ4v) is 5.31. The number of piperazine rings is 1. The average molecular weight is 343 g/mol. The van der Waals surface area contributed by atoms with E-state index in [0.29, 0.717) is 39.1 Å². The van der Waals surface area contributed by atoms with Crippen molar-refractivity contribution in [3.8, 4) is 0 Å². The zero-order valence-corrected chi connectivity index (χ0v) is 13.7. The summed E-state index contributed by atoms with van der Waals surface area (Å²) < 4.78 is 23.2. The summed E-state index contributed by atoms with van der Waals surface area (Å²) in [6, 6.07) is -0.280. The van der Waals surface area contributed by atoms with Gasteiger partial charge in [-0.15, -0.1) is 0 Å². The van der Waals surface area contributed by atoms with Gasteiger partial charge >= 0.3 is 0 Å². The maximum absolute atomic E-state index is 12.6. The van der Waals surface area contributed by atoms with E-state index in [-0.39, 0.29) is 35.8 Å². The monoisotopic (exact) mass is 343 g/mol. The molecule has 0 aromatic rings. The number of hydrogen-bond donors (Lipinski definition) is 0. The highest BCUT2D eigenvalue weighted by Crippen LogP contribution is 2.27.